The van der Waals surface area contributed by atoms with Gasteiger partial charge in [-0.2, -0.15) is 5.11 Å². The molecule has 3 amide bonds. The molecule has 1 aromatic heterocycles. The zero-order chi connectivity index (χ0) is 17.1. The quantitative estimate of drug-likeness (QED) is 0.889. The summed E-state index contributed by atoms with van der Waals surface area (Å²) in [6.07, 6.45) is 3.81. The van der Waals surface area contributed by atoms with Crippen molar-refractivity contribution in [2.75, 3.05) is 18.4 Å². The zero-order valence-electron chi connectivity index (χ0n) is 13.1. The van der Waals surface area contributed by atoms with Crippen LogP contribution in [0.4, 0.5) is 5.82 Å². The van der Waals surface area contributed by atoms with Gasteiger partial charge in [0, 0.05) is 31.1 Å². The molecule has 0 saturated carbocycles. The summed E-state index contributed by atoms with van der Waals surface area (Å²) < 4.78 is 4.91. The van der Waals surface area contributed by atoms with Crippen LogP contribution in [0.3, 0.4) is 0 Å². The second-order valence-electron chi connectivity index (χ2n) is 5.77. The van der Waals surface area contributed by atoms with Gasteiger partial charge in [-0.1, -0.05) is 5.16 Å². The second kappa shape index (κ2) is 6.73. The first-order chi connectivity index (χ1) is 11.5. The number of anilines is 1. The Labute approximate surface area is 137 Å². The van der Waals surface area contributed by atoms with E-state index in [2.05, 4.69) is 20.7 Å². The van der Waals surface area contributed by atoms with E-state index < -0.39 is 11.9 Å². The minimum Gasteiger partial charge on any atom is -0.360 e. The van der Waals surface area contributed by atoms with E-state index in [0.29, 0.717) is 37.5 Å². The summed E-state index contributed by atoms with van der Waals surface area (Å²) in [6.45, 7) is 2.67. The number of amides is 3. The molecule has 1 unspecified atom stereocenters. The molecular weight excluding hydrogens is 314 g/mol. The Morgan fingerprint density at radius 3 is 2.67 bits per heavy atom. The number of hydrogen-bond donors (Lipinski definition) is 1. The average molecular weight is 331 g/mol. The SMILES string of the molecule is Cc1cc(NC(=O)C2CCN(C(=O)C3C=CC(=O)N=N3)CC2)no1. The number of piperidine rings is 1. The fourth-order valence-electron chi connectivity index (χ4n) is 2.70. The molecule has 1 fully saturated rings. The third kappa shape index (κ3) is 3.55. The maximum atomic E-state index is 12.3. The van der Waals surface area contributed by atoms with E-state index in [0.717, 1.165) is 0 Å². The molecule has 0 bridgehead atoms. The van der Waals surface area contributed by atoms with Crippen molar-refractivity contribution in [3.8, 4) is 0 Å². The van der Waals surface area contributed by atoms with Crippen molar-refractivity contribution in [2.45, 2.75) is 25.8 Å². The smallest absolute Gasteiger partial charge is 0.287 e. The minimum absolute atomic E-state index is 0.127. The van der Waals surface area contributed by atoms with Gasteiger partial charge in [-0.25, -0.2) is 0 Å². The van der Waals surface area contributed by atoms with E-state index in [1.54, 1.807) is 17.9 Å². The summed E-state index contributed by atoms with van der Waals surface area (Å²) in [5, 5.41) is 13.5. The second-order valence-corrected chi connectivity index (χ2v) is 5.77. The molecule has 9 heteroatoms. The first-order valence-corrected chi connectivity index (χ1v) is 7.69. The van der Waals surface area contributed by atoms with E-state index in [-0.39, 0.29) is 17.7 Å². The molecule has 9 nitrogen and oxygen atoms in total. The van der Waals surface area contributed by atoms with Gasteiger partial charge < -0.3 is 14.7 Å². The molecule has 1 atom stereocenters. The van der Waals surface area contributed by atoms with Gasteiger partial charge in [-0.15, -0.1) is 5.11 Å². The van der Waals surface area contributed by atoms with Crippen LogP contribution in [0.2, 0.25) is 0 Å². The normalized spacial score (nSPS) is 21.1. The maximum Gasteiger partial charge on any atom is 0.287 e. The molecule has 2 aliphatic heterocycles. The van der Waals surface area contributed by atoms with Crippen LogP contribution in [0, 0.1) is 12.8 Å². The first-order valence-electron chi connectivity index (χ1n) is 7.69. The van der Waals surface area contributed by atoms with Crippen LogP contribution in [0.1, 0.15) is 18.6 Å². The highest BCUT2D eigenvalue weighted by Gasteiger charge is 2.31. The Kier molecular flexibility index (Phi) is 4.50. The summed E-state index contributed by atoms with van der Waals surface area (Å²) >= 11 is 0. The van der Waals surface area contributed by atoms with Crippen molar-refractivity contribution in [3.05, 3.63) is 24.0 Å². The van der Waals surface area contributed by atoms with Crippen LogP contribution in [-0.2, 0) is 14.4 Å². The number of likely N-dealkylation sites (tertiary alicyclic amines) is 1. The summed E-state index contributed by atoms with van der Waals surface area (Å²) in [5.74, 6) is 0.0488. The van der Waals surface area contributed by atoms with Crippen LogP contribution in [0.5, 0.6) is 0 Å². The predicted octanol–water partition coefficient (Wildman–Crippen LogP) is 1.08. The van der Waals surface area contributed by atoms with E-state index in [1.165, 1.54) is 12.2 Å². The van der Waals surface area contributed by atoms with Gasteiger partial charge in [0.05, 0.1) is 0 Å². The lowest BCUT2D eigenvalue weighted by Gasteiger charge is -2.32. The van der Waals surface area contributed by atoms with Crippen molar-refractivity contribution < 1.29 is 18.9 Å². The van der Waals surface area contributed by atoms with Gasteiger partial charge in [-0.05, 0) is 25.8 Å². The summed E-state index contributed by atoms with van der Waals surface area (Å²) in [5.41, 5.74) is 0. The zero-order valence-corrected chi connectivity index (χ0v) is 13.1. The number of aromatic nitrogens is 1. The van der Waals surface area contributed by atoms with Crippen LogP contribution in [0.15, 0.2) is 33.0 Å². The van der Waals surface area contributed by atoms with Crippen LogP contribution < -0.4 is 5.32 Å². The highest BCUT2D eigenvalue weighted by molar-refractivity contribution is 5.93. The Morgan fingerprint density at radius 2 is 2.08 bits per heavy atom. The highest BCUT2D eigenvalue weighted by Crippen LogP contribution is 2.21. The third-order valence-corrected chi connectivity index (χ3v) is 4.01. The van der Waals surface area contributed by atoms with Crippen molar-refractivity contribution in [3.63, 3.8) is 0 Å². The van der Waals surface area contributed by atoms with Crippen LogP contribution in [-0.4, -0.2) is 46.9 Å². The number of carbonyl (C=O) groups excluding carboxylic acids is 3. The molecule has 0 aliphatic carbocycles. The number of aryl methyl sites for hydroxylation is 1. The molecule has 1 N–H and O–H groups in total. The van der Waals surface area contributed by atoms with Crippen molar-refractivity contribution in [1.29, 1.82) is 0 Å². The monoisotopic (exact) mass is 331 g/mol. The molecule has 3 rings (SSSR count). The lowest BCUT2D eigenvalue weighted by Crippen LogP contribution is -2.45. The van der Waals surface area contributed by atoms with Gasteiger partial charge in [-0.3, -0.25) is 14.4 Å². The number of carbonyl (C=O) groups is 3. The Morgan fingerprint density at radius 1 is 1.33 bits per heavy atom. The topological polar surface area (TPSA) is 117 Å². The fraction of sp³-hybridized carbons (Fsp3) is 0.467. The van der Waals surface area contributed by atoms with E-state index >= 15 is 0 Å². The molecule has 126 valence electrons. The molecule has 24 heavy (non-hydrogen) atoms. The number of hydrogen-bond acceptors (Lipinski definition) is 6. The molecule has 0 aromatic carbocycles. The Bertz CT molecular complexity index is 699. The lowest BCUT2D eigenvalue weighted by molar-refractivity contribution is -0.134. The standard InChI is InChI=1S/C15H17N5O4/c1-9-8-12(19-24-9)16-14(22)10-4-6-20(7-5-10)15(23)11-2-3-13(21)18-17-11/h2-3,8,10-11H,4-7H2,1H3,(H,16,19,22). The molecule has 1 aromatic rings. The number of azo groups is 1. The third-order valence-electron chi connectivity index (χ3n) is 4.01. The van der Waals surface area contributed by atoms with Crippen molar-refractivity contribution in [1.82, 2.24) is 10.1 Å². The molecule has 0 spiro atoms. The van der Waals surface area contributed by atoms with E-state index in [1.807, 2.05) is 0 Å². The number of rotatable bonds is 3. The van der Waals surface area contributed by atoms with Gasteiger partial charge >= 0.3 is 0 Å². The van der Waals surface area contributed by atoms with Gasteiger partial charge in [0.2, 0.25) is 5.91 Å². The minimum atomic E-state index is -0.744. The Hall–Kier alpha value is -2.84. The van der Waals surface area contributed by atoms with E-state index in [9.17, 15) is 14.4 Å². The number of nitrogens with one attached hydrogen (secondary N) is 1. The van der Waals surface area contributed by atoms with Crippen LogP contribution >= 0.6 is 0 Å². The average Bonchev–Trinajstić information content (AvgIpc) is 3.00. The Balaban J connectivity index is 1.51. The van der Waals surface area contributed by atoms with Gasteiger partial charge in [0.15, 0.2) is 11.9 Å². The first kappa shape index (κ1) is 16.0. The molecular formula is C15H17N5O4. The van der Waals surface area contributed by atoms with Gasteiger partial charge in [0.1, 0.15) is 5.76 Å². The predicted molar refractivity (Wildman–Crippen MR) is 82.0 cm³/mol. The largest absolute Gasteiger partial charge is 0.360 e. The fourth-order valence-corrected chi connectivity index (χ4v) is 2.70. The summed E-state index contributed by atoms with van der Waals surface area (Å²) in [7, 11) is 0. The van der Waals surface area contributed by atoms with Crippen molar-refractivity contribution >= 4 is 23.5 Å². The molecule has 3 heterocycles. The van der Waals surface area contributed by atoms with E-state index in [4.69, 9.17) is 4.52 Å². The molecule has 0 radical (unpaired) electrons. The number of nitrogens with zero attached hydrogens (tertiary/aromatic N) is 4. The maximum absolute atomic E-state index is 12.3. The van der Waals surface area contributed by atoms with Crippen molar-refractivity contribution in [2.24, 2.45) is 16.1 Å². The highest BCUT2D eigenvalue weighted by atomic mass is 16.5. The lowest BCUT2D eigenvalue weighted by atomic mass is 9.95. The summed E-state index contributed by atoms with van der Waals surface area (Å²) in [4.78, 5) is 37.1. The molecule has 1 saturated heterocycles. The summed E-state index contributed by atoms with van der Waals surface area (Å²) in [6, 6.07) is 0.907. The molecule has 2 aliphatic rings. The van der Waals surface area contributed by atoms with Crippen LogP contribution in [0.25, 0.3) is 0 Å². The van der Waals surface area contributed by atoms with Gasteiger partial charge in [0.25, 0.3) is 11.8 Å².